The molecular weight excluding hydrogens is 317 g/mol. The highest BCUT2D eigenvalue weighted by Crippen LogP contribution is 2.27. The van der Waals surface area contributed by atoms with E-state index in [0.717, 1.165) is 29.9 Å². The number of alkyl halides is 1. The Morgan fingerprint density at radius 2 is 1.87 bits per heavy atom. The topological polar surface area (TPSA) is 45.3 Å². The minimum atomic E-state index is -0.522. The molecule has 2 aromatic carbocycles. The van der Waals surface area contributed by atoms with Gasteiger partial charge in [-0.05, 0) is 36.2 Å². The highest BCUT2D eigenvalue weighted by molar-refractivity contribution is 6.32. The Labute approximate surface area is 140 Å². The number of para-hydroxylation sites is 2. The number of rotatable bonds is 7. The van der Waals surface area contributed by atoms with E-state index in [1.54, 1.807) is 6.07 Å². The lowest BCUT2D eigenvalue weighted by Crippen LogP contribution is -2.40. The highest BCUT2D eigenvalue weighted by Gasteiger charge is 2.17. The predicted octanol–water partition coefficient (Wildman–Crippen LogP) is 3.64. The summed E-state index contributed by atoms with van der Waals surface area (Å²) >= 11 is 6.14. The molecule has 0 bridgehead atoms. The fourth-order valence-electron chi connectivity index (χ4n) is 2.51. The van der Waals surface area contributed by atoms with Gasteiger partial charge in [0.2, 0.25) is 0 Å². The maximum absolute atomic E-state index is 12.1. The van der Waals surface area contributed by atoms with Crippen molar-refractivity contribution in [2.24, 2.45) is 0 Å². The van der Waals surface area contributed by atoms with Crippen molar-refractivity contribution in [1.82, 2.24) is 5.32 Å². The summed E-state index contributed by atoms with van der Waals surface area (Å²) in [6.07, 6.45) is 0.856. The number of hydrogen-bond donors (Lipinski definition) is 3. The van der Waals surface area contributed by atoms with Crippen molar-refractivity contribution in [1.29, 1.82) is 0 Å². The third-order valence-corrected chi connectivity index (χ3v) is 3.92. The summed E-state index contributed by atoms with van der Waals surface area (Å²) in [6, 6.07) is 13.7. The summed E-state index contributed by atoms with van der Waals surface area (Å²) in [5.74, 6) is 0.524. The highest BCUT2D eigenvalue weighted by atomic mass is 35.5. The number of fused-ring (bicyclic) bond motifs is 1. The van der Waals surface area contributed by atoms with Gasteiger partial charge in [-0.1, -0.05) is 29.8 Å². The normalized spacial score (nSPS) is 13.3. The van der Waals surface area contributed by atoms with E-state index in [4.69, 9.17) is 16.3 Å². The van der Waals surface area contributed by atoms with E-state index in [1.165, 1.54) is 0 Å². The van der Waals surface area contributed by atoms with Gasteiger partial charge >= 0.3 is 0 Å². The second kappa shape index (κ2) is 7.53. The van der Waals surface area contributed by atoms with Crippen LogP contribution in [-0.2, 0) is 6.42 Å². The predicted molar refractivity (Wildman–Crippen MR) is 92.1 cm³/mol. The number of benzene rings is 2. The molecule has 0 spiro atoms. The summed E-state index contributed by atoms with van der Waals surface area (Å²) in [5, 5.41) is 10.6. The molecule has 4 nitrogen and oxygen atoms in total. The number of hydrogen-bond acceptors (Lipinski definition) is 4. The number of halogens is 2. The molecular formula is C17H19ClFN3O. The maximum Gasteiger partial charge on any atom is 0.153 e. The first-order chi connectivity index (χ1) is 11.3. The molecule has 0 unspecified atom stereocenters. The maximum atomic E-state index is 12.1. The SMILES string of the molecule is FCCOc1ccc(CCNC2Nc3ccccc3N2)cc1Cl. The second-order valence-electron chi connectivity index (χ2n) is 5.27. The molecule has 3 rings (SSSR count). The van der Waals surface area contributed by atoms with Crippen molar-refractivity contribution in [3.05, 3.63) is 53.1 Å². The van der Waals surface area contributed by atoms with E-state index in [1.807, 2.05) is 36.4 Å². The molecule has 2 aromatic rings. The van der Waals surface area contributed by atoms with Crippen LogP contribution in [0.1, 0.15) is 5.56 Å². The van der Waals surface area contributed by atoms with Crippen LogP contribution in [0.4, 0.5) is 15.8 Å². The van der Waals surface area contributed by atoms with Gasteiger partial charge in [-0.25, -0.2) is 4.39 Å². The van der Waals surface area contributed by atoms with Gasteiger partial charge in [0.05, 0.1) is 16.4 Å². The van der Waals surface area contributed by atoms with Gasteiger partial charge in [-0.3, -0.25) is 5.32 Å². The first-order valence-corrected chi connectivity index (χ1v) is 7.97. The van der Waals surface area contributed by atoms with Gasteiger partial charge in [0, 0.05) is 6.54 Å². The third-order valence-electron chi connectivity index (χ3n) is 3.62. The summed E-state index contributed by atoms with van der Waals surface area (Å²) < 4.78 is 17.3. The number of nitrogens with one attached hydrogen (secondary N) is 3. The van der Waals surface area contributed by atoms with Crippen LogP contribution in [0.5, 0.6) is 5.75 Å². The van der Waals surface area contributed by atoms with Gasteiger partial charge in [0.15, 0.2) is 6.29 Å². The van der Waals surface area contributed by atoms with Gasteiger partial charge in [0.25, 0.3) is 0 Å². The van der Waals surface area contributed by atoms with Crippen molar-refractivity contribution < 1.29 is 9.13 Å². The smallest absolute Gasteiger partial charge is 0.153 e. The molecule has 23 heavy (non-hydrogen) atoms. The van der Waals surface area contributed by atoms with Crippen LogP contribution in [-0.4, -0.2) is 26.1 Å². The second-order valence-corrected chi connectivity index (χ2v) is 5.68. The largest absolute Gasteiger partial charge is 0.489 e. The van der Waals surface area contributed by atoms with Crippen molar-refractivity contribution in [2.75, 3.05) is 30.5 Å². The van der Waals surface area contributed by atoms with Crippen LogP contribution in [0, 0.1) is 0 Å². The first-order valence-electron chi connectivity index (χ1n) is 7.59. The zero-order valence-corrected chi connectivity index (χ0v) is 13.4. The van der Waals surface area contributed by atoms with Crippen LogP contribution in [0.3, 0.4) is 0 Å². The fraction of sp³-hybridized carbons (Fsp3) is 0.294. The average Bonchev–Trinajstić information content (AvgIpc) is 2.97. The zero-order valence-electron chi connectivity index (χ0n) is 12.6. The number of anilines is 2. The lowest BCUT2D eigenvalue weighted by Gasteiger charge is -2.14. The van der Waals surface area contributed by atoms with E-state index in [2.05, 4.69) is 16.0 Å². The average molecular weight is 336 g/mol. The molecule has 122 valence electrons. The molecule has 0 aromatic heterocycles. The summed E-state index contributed by atoms with van der Waals surface area (Å²) in [7, 11) is 0. The monoisotopic (exact) mass is 335 g/mol. The van der Waals surface area contributed by atoms with Crippen molar-refractivity contribution in [3.8, 4) is 5.75 Å². The Bertz CT molecular complexity index is 643. The Balaban J connectivity index is 1.47. The lowest BCUT2D eigenvalue weighted by molar-refractivity contribution is 0.273. The lowest BCUT2D eigenvalue weighted by atomic mass is 10.1. The molecule has 6 heteroatoms. The number of ether oxygens (including phenoxy) is 1. The van der Waals surface area contributed by atoms with E-state index in [9.17, 15) is 4.39 Å². The van der Waals surface area contributed by atoms with Crippen LogP contribution in [0.2, 0.25) is 5.02 Å². The molecule has 0 saturated carbocycles. The van der Waals surface area contributed by atoms with Crippen LogP contribution in [0.15, 0.2) is 42.5 Å². The molecule has 0 saturated heterocycles. The fourth-order valence-corrected chi connectivity index (χ4v) is 2.77. The molecule has 0 amide bonds. The molecule has 1 aliphatic rings. The Hall–Kier alpha value is -1.98. The molecule has 3 N–H and O–H groups in total. The van der Waals surface area contributed by atoms with Gasteiger partial charge in [-0.2, -0.15) is 0 Å². The Morgan fingerprint density at radius 3 is 2.52 bits per heavy atom. The van der Waals surface area contributed by atoms with Crippen LogP contribution in [0.25, 0.3) is 0 Å². The molecule has 0 radical (unpaired) electrons. The standard InChI is InChI=1S/C17H19ClFN3O/c18-13-11-12(5-6-16(13)23-10-8-19)7-9-20-17-21-14-3-1-2-4-15(14)22-17/h1-6,11,17,20-22H,7-10H2. The summed E-state index contributed by atoms with van der Waals surface area (Å²) in [4.78, 5) is 0. The minimum absolute atomic E-state index is 0.0232. The molecule has 1 heterocycles. The summed E-state index contributed by atoms with van der Waals surface area (Å²) in [6.45, 7) is 0.297. The summed E-state index contributed by atoms with van der Waals surface area (Å²) in [5.41, 5.74) is 3.30. The molecule has 0 atom stereocenters. The van der Waals surface area contributed by atoms with Crippen molar-refractivity contribution >= 4 is 23.0 Å². The Kier molecular flexibility index (Phi) is 5.20. The minimum Gasteiger partial charge on any atom is -0.489 e. The van der Waals surface area contributed by atoms with Crippen molar-refractivity contribution in [2.45, 2.75) is 12.7 Å². The zero-order chi connectivity index (χ0) is 16.1. The van der Waals surface area contributed by atoms with E-state index in [-0.39, 0.29) is 12.9 Å². The van der Waals surface area contributed by atoms with Crippen LogP contribution >= 0.6 is 11.6 Å². The van der Waals surface area contributed by atoms with E-state index in [0.29, 0.717) is 10.8 Å². The molecule has 0 aliphatic carbocycles. The van der Waals surface area contributed by atoms with E-state index < -0.39 is 6.67 Å². The van der Waals surface area contributed by atoms with Gasteiger partial charge < -0.3 is 15.4 Å². The van der Waals surface area contributed by atoms with Crippen molar-refractivity contribution in [3.63, 3.8) is 0 Å². The first kappa shape index (κ1) is 15.9. The molecule has 1 aliphatic heterocycles. The van der Waals surface area contributed by atoms with Crippen LogP contribution < -0.4 is 20.7 Å². The molecule has 0 fully saturated rings. The van der Waals surface area contributed by atoms with Gasteiger partial charge in [-0.15, -0.1) is 0 Å². The van der Waals surface area contributed by atoms with E-state index >= 15 is 0 Å². The Morgan fingerprint density at radius 1 is 1.13 bits per heavy atom. The third kappa shape index (κ3) is 4.06. The van der Waals surface area contributed by atoms with Gasteiger partial charge in [0.1, 0.15) is 19.0 Å². The quantitative estimate of drug-likeness (QED) is 0.723.